The van der Waals surface area contributed by atoms with Gasteiger partial charge in [0.15, 0.2) is 0 Å². The number of hydrogen-bond donors (Lipinski definition) is 1. The first-order valence-electron chi connectivity index (χ1n) is 7.56. The van der Waals surface area contributed by atoms with Gasteiger partial charge in [0.05, 0.1) is 27.9 Å². The van der Waals surface area contributed by atoms with Crippen LogP contribution < -0.4 is 10.9 Å². The molecular weight excluding hydrogens is 361 g/mol. The van der Waals surface area contributed by atoms with Crippen LogP contribution >= 0.6 is 23.2 Å². The Labute approximate surface area is 154 Å². The van der Waals surface area contributed by atoms with E-state index in [9.17, 15) is 9.59 Å². The van der Waals surface area contributed by atoms with Crippen LogP contribution in [0.15, 0.2) is 41.5 Å². The lowest BCUT2D eigenvalue weighted by Gasteiger charge is -2.12. The van der Waals surface area contributed by atoms with E-state index in [1.165, 1.54) is 10.9 Å². The lowest BCUT2D eigenvalue weighted by molar-refractivity contribution is -0.116. The molecule has 0 spiro atoms. The van der Waals surface area contributed by atoms with Crippen molar-refractivity contribution in [1.29, 1.82) is 0 Å². The first kappa shape index (κ1) is 17.5. The van der Waals surface area contributed by atoms with Gasteiger partial charge in [0.1, 0.15) is 6.54 Å². The number of hydrogen-bond acceptors (Lipinski definition) is 3. The fraction of sp³-hybridized carbons (Fsp3) is 0.167. The normalized spacial score (nSPS) is 10.9. The standard InChI is InChI=1S/C18H15Cl2N3O2/c1-10-5-11(2)17(14(20)6-10)22-16(24)8-23-9-21-15-4-3-12(19)7-13(15)18(23)25/h3-7,9H,8H2,1-2H3,(H,22,24). The molecule has 7 heteroatoms. The van der Waals surface area contributed by atoms with Gasteiger partial charge in [-0.25, -0.2) is 4.98 Å². The van der Waals surface area contributed by atoms with Crippen molar-refractivity contribution in [1.82, 2.24) is 9.55 Å². The molecule has 0 bridgehead atoms. The Bertz CT molecular complexity index is 1020. The number of halogens is 2. The Kier molecular flexibility index (Phi) is 4.79. The van der Waals surface area contributed by atoms with Gasteiger partial charge in [-0.1, -0.05) is 29.3 Å². The first-order chi connectivity index (χ1) is 11.8. The minimum Gasteiger partial charge on any atom is -0.323 e. The molecule has 25 heavy (non-hydrogen) atoms. The highest BCUT2D eigenvalue weighted by Gasteiger charge is 2.12. The maximum atomic E-state index is 12.5. The van der Waals surface area contributed by atoms with Gasteiger partial charge < -0.3 is 5.32 Å². The van der Waals surface area contributed by atoms with Gasteiger partial charge in [0.25, 0.3) is 5.56 Å². The molecule has 3 aromatic rings. The summed E-state index contributed by atoms with van der Waals surface area (Å²) < 4.78 is 1.24. The number of aromatic nitrogens is 2. The smallest absolute Gasteiger partial charge is 0.261 e. The van der Waals surface area contributed by atoms with Crippen LogP contribution in [-0.2, 0) is 11.3 Å². The molecule has 1 aromatic heterocycles. The number of aryl methyl sites for hydroxylation is 2. The molecular formula is C18H15Cl2N3O2. The lowest BCUT2D eigenvalue weighted by Crippen LogP contribution is -2.28. The second-order valence-corrected chi connectivity index (χ2v) is 6.67. The molecule has 0 unspecified atom stereocenters. The van der Waals surface area contributed by atoms with E-state index >= 15 is 0 Å². The summed E-state index contributed by atoms with van der Waals surface area (Å²) in [4.78, 5) is 29.0. The average molecular weight is 376 g/mol. The molecule has 1 heterocycles. The van der Waals surface area contributed by atoms with Crippen molar-refractivity contribution in [2.24, 2.45) is 0 Å². The molecule has 3 rings (SSSR count). The van der Waals surface area contributed by atoms with Crippen LogP contribution in [0.3, 0.4) is 0 Å². The van der Waals surface area contributed by atoms with E-state index in [1.54, 1.807) is 24.3 Å². The van der Waals surface area contributed by atoms with E-state index in [4.69, 9.17) is 23.2 Å². The fourth-order valence-electron chi connectivity index (χ4n) is 2.65. The van der Waals surface area contributed by atoms with Gasteiger partial charge in [-0.3, -0.25) is 14.2 Å². The average Bonchev–Trinajstić information content (AvgIpc) is 2.54. The molecule has 1 N–H and O–H groups in total. The zero-order valence-electron chi connectivity index (χ0n) is 13.6. The van der Waals surface area contributed by atoms with Crippen LogP contribution in [0.1, 0.15) is 11.1 Å². The van der Waals surface area contributed by atoms with Crippen LogP contribution in [0.25, 0.3) is 10.9 Å². The van der Waals surface area contributed by atoms with Gasteiger partial charge in [-0.15, -0.1) is 0 Å². The van der Waals surface area contributed by atoms with E-state index in [1.807, 2.05) is 19.9 Å². The fourth-order valence-corrected chi connectivity index (χ4v) is 3.19. The lowest BCUT2D eigenvalue weighted by atomic mass is 10.1. The monoisotopic (exact) mass is 375 g/mol. The van der Waals surface area contributed by atoms with E-state index < -0.39 is 0 Å². The summed E-state index contributed by atoms with van der Waals surface area (Å²) >= 11 is 12.1. The summed E-state index contributed by atoms with van der Waals surface area (Å²) in [6.45, 7) is 3.62. The number of anilines is 1. The third-order valence-electron chi connectivity index (χ3n) is 3.80. The molecule has 128 valence electrons. The van der Waals surface area contributed by atoms with Gasteiger partial charge in [-0.2, -0.15) is 0 Å². The molecule has 1 amide bonds. The zero-order chi connectivity index (χ0) is 18.1. The van der Waals surface area contributed by atoms with Gasteiger partial charge >= 0.3 is 0 Å². The van der Waals surface area contributed by atoms with Crippen molar-refractivity contribution in [2.75, 3.05) is 5.32 Å². The molecule has 0 aliphatic rings. The zero-order valence-corrected chi connectivity index (χ0v) is 15.1. The highest BCUT2D eigenvalue weighted by Crippen LogP contribution is 2.27. The van der Waals surface area contributed by atoms with Crippen molar-refractivity contribution in [3.05, 3.63) is 68.2 Å². The number of amides is 1. The highest BCUT2D eigenvalue weighted by molar-refractivity contribution is 6.34. The second kappa shape index (κ2) is 6.86. The Morgan fingerprint density at radius 1 is 1.20 bits per heavy atom. The van der Waals surface area contributed by atoms with E-state index in [0.717, 1.165) is 11.1 Å². The number of rotatable bonds is 3. The van der Waals surface area contributed by atoms with Gasteiger partial charge in [0, 0.05) is 5.02 Å². The van der Waals surface area contributed by atoms with Gasteiger partial charge in [-0.05, 0) is 49.2 Å². The SMILES string of the molecule is Cc1cc(C)c(NC(=O)Cn2cnc3ccc(Cl)cc3c2=O)c(Cl)c1. The third kappa shape index (κ3) is 3.67. The van der Waals surface area contributed by atoms with Crippen LogP contribution in [0.4, 0.5) is 5.69 Å². The number of carbonyl (C=O) groups excluding carboxylic acids is 1. The van der Waals surface area contributed by atoms with Crippen molar-refractivity contribution < 1.29 is 4.79 Å². The molecule has 0 aliphatic carbocycles. The molecule has 0 saturated carbocycles. The van der Waals surface area contributed by atoms with Gasteiger partial charge in [0.2, 0.25) is 5.91 Å². The summed E-state index contributed by atoms with van der Waals surface area (Å²) in [5.41, 5.74) is 2.61. The maximum absolute atomic E-state index is 12.5. The van der Waals surface area contributed by atoms with E-state index in [2.05, 4.69) is 10.3 Å². The number of benzene rings is 2. The molecule has 0 saturated heterocycles. The van der Waals surface area contributed by atoms with E-state index in [0.29, 0.717) is 26.6 Å². The number of nitrogens with zero attached hydrogens (tertiary/aromatic N) is 2. The summed E-state index contributed by atoms with van der Waals surface area (Å²) in [6.07, 6.45) is 1.35. The second-order valence-electron chi connectivity index (χ2n) is 5.83. The van der Waals surface area contributed by atoms with Crippen LogP contribution in [0.5, 0.6) is 0 Å². The predicted octanol–water partition coefficient (Wildman–Crippen LogP) is 3.96. The van der Waals surface area contributed by atoms with Crippen molar-refractivity contribution >= 4 is 45.7 Å². The summed E-state index contributed by atoms with van der Waals surface area (Å²) in [6, 6.07) is 8.57. The summed E-state index contributed by atoms with van der Waals surface area (Å²) in [7, 11) is 0. The van der Waals surface area contributed by atoms with Crippen LogP contribution in [0, 0.1) is 13.8 Å². The number of carbonyl (C=O) groups is 1. The van der Waals surface area contributed by atoms with Crippen LogP contribution in [-0.4, -0.2) is 15.5 Å². The highest BCUT2D eigenvalue weighted by atomic mass is 35.5. The van der Waals surface area contributed by atoms with Crippen molar-refractivity contribution in [3.8, 4) is 0 Å². The van der Waals surface area contributed by atoms with Crippen LogP contribution in [0.2, 0.25) is 10.0 Å². The summed E-state index contributed by atoms with van der Waals surface area (Å²) in [5.74, 6) is -0.362. The number of nitrogens with one attached hydrogen (secondary N) is 1. The maximum Gasteiger partial charge on any atom is 0.261 e. The Morgan fingerprint density at radius 2 is 1.96 bits per heavy atom. The number of fused-ring (bicyclic) bond motifs is 1. The Morgan fingerprint density at radius 3 is 2.68 bits per heavy atom. The molecule has 0 atom stereocenters. The van der Waals surface area contributed by atoms with Crippen molar-refractivity contribution in [3.63, 3.8) is 0 Å². The quantitative estimate of drug-likeness (QED) is 0.753. The largest absolute Gasteiger partial charge is 0.323 e. The molecule has 2 aromatic carbocycles. The molecule has 0 aliphatic heterocycles. The first-order valence-corrected chi connectivity index (χ1v) is 8.32. The molecule has 0 fully saturated rings. The third-order valence-corrected chi connectivity index (χ3v) is 4.33. The molecule has 5 nitrogen and oxygen atoms in total. The summed E-state index contributed by atoms with van der Waals surface area (Å²) in [5, 5.41) is 4.02. The Balaban J connectivity index is 1.88. The van der Waals surface area contributed by atoms with E-state index in [-0.39, 0.29) is 18.0 Å². The molecule has 0 radical (unpaired) electrons. The topological polar surface area (TPSA) is 64.0 Å². The Hall–Kier alpha value is -2.37. The van der Waals surface area contributed by atoms with Crippen molar-refractivity contribution in [2.45, 2.75) is 20.4 Å². The predicted molar refractivity (Wildman–Crippen MR) is 101 cm³/mol. The minimum atomic E-state index is -0.362. The minimum absolute atomic E-state index is 0.169.